The molecule has 26 heavy (non-hydrogen) atoms. The highest BCUT2D eigenvalue weighted by Gasteiger charge is 2.31. The Morgan fingerprint density at radius 1 is 1.19 bits per heavy atom. The molecular weight excluding hydrogens is 418 g/mol. The molecule has 3 rings (SSSR count). The van der Waals surface area contributed by atoms with Crippen LogP contribution in [0.15, 0.2) is 62.3 Å². The van der Waals surface area contributed by atoms with Gasteiger partial charge in [0.05, 0.1) is 12.6 Å². The molecule has 0 aliphatic carbocycles. The molecule has 0 saturated heterocycles. The van der Waals surface area contributed by atoms with Gasteiger partial charge in [0.25, 0.3) is 10.0 Å². The van der Waals surface area contributed by atoms with Crippen LogP contribution in [0.4, 0.5) is 0 Å². The molecule has 1 atom stereocenters. The van der Waals surface area contributed by atoms with Crippen LogP contribution in [0.3, 0.4) is 0 Å². The van der Waals surface area contributed by atoms with Crippen molar-refractivity contribution in [2.24, 2.45) is 4.40 Å². The molecule has 2 aromatic carbocycles. The summed E-state index contributed by atoms with van der Waals surface area (Å²) in [4.78, 5) is 14.1. The molecule has 0 aromatic heterocycles. The third-order valence-corrected chi connectivity index (χ3v) is 5.96. The maximum atomic E-state index is 12.4. The second kappa shape index (κ2) is 7.20. The molecule has 1 aliphatic heterocycles. The van der Waals surface area contributed by atoms with Crippen LogP contribution in [0.2, 0.25) is 0 Å². The second-order valence-corrected chi connectivity index (χ2v) is 8.57. The summed E-state index contributed by atoms with van der Waals surface area (Å²) in [5.74, 6) is 0.0689. The van der Waals surface area contributed by atoms with Crippen molar-refractivity contribution in [3.05, 3.63) is 64.1 Å². The Labute approximate surface area is 161 Å². The van der Waals surface area contributed by atoms with Crippen molar-refractivity contribution >= 4 is 37.7 Å². The SMILES string of the molecule is CC(NC(=O)CN(C)C1=NS(=O)(=O)c2ccccc21)c1ccc(Br)cc1. The van der Waals surface area contributed by atoms with Gasteiger partial charge in [-0.2, -0.15) is 8.42 Å². The zero-order valence-corrected chi connectivity index (χ0v) is 16.7. The van der Waals surface area contributed by atoms with E-state index in [2.05, 4.69) is 25.6 Å². The van der Waals surface area contributed by atoms with Crippen LogP contribution in [0.25, 0.3) is 0 Å². The minimum absolute atomic E-state index is 0.00353. The summed E-state index contributed by atoms with van der Waals surface area (Å²) >= 11 is 3.38. The van der Waals surface area contributed by atoms with Crippen LogP contribution in [0.5, 0.6) is 0 Å². The predicted octanol–water partition coefficient (Wildman–Crippen LogP) is 2.71. The Balaban J connectivity index is 1.69. The fraction of sp³-hybridized carbons (Fsp3) is 0.222. The van der Waals surface area contributed by atoms with Gasteiger partial charge in [0.15, 0.2) is 5.84 Å². The highest BCUT2D eigenvalue weighted by molar-refractivity contribution is 9.10. The zero-order chi connectivity index (χ0) is 18.9. The summed E-state index contributed by atoms with van der Waals surface area (Å²) in [7, 11) is -2.04. The number of benzene rings is 2. The normalized spacial score (nSPS) is 15.7. The third kappa shape index (κ3) is 3.81. The molecule has 0 bridgehead atoms. The topological polar surface area (TPSA) is 78.8 Å². The van der Waals surface area contributed by atoms with E-state index >= 15 is 0 Å². The van der Waals surface area contributed by atoms with E-state index in [-0.39, 0.29) is 29.2 Å². The molecule has 1 unspecified atom stereocenters. The Morgan fingerprint density at radius 3 is 2.54 bits per heavy atom. The lowest BCUT2D eigenvalue weighted by molar-refractivity contribution is -0.121. The van der Waals surface area contributed by atoms with E-state index in [0.29, 0.717) is 5.56 Å². The average Bonchev–Trinajstić information content (AvgIpc) is 2.87. The van der Waals surface area contributed by atoms with Gasteiger partial charge in [0.1, 0.15) is 4.90 Å². The van der Waals surface area contributed by atoms with E-state index < -0.39 is 10.0 Å². The minimum Gasteiger partial charge on any atom is -0.349 e. The lowest BCUT2D eigenvalue weighted by Gasteiger charge is -2.20. The van der Waals surface area contributed by atoms with E-state index in [0.717, 1.165) is 10.0 Å². The Bertz CT molecular complexity index is 971. The summed E-state index contributed by atoms with van der Waals surface area (Å²) in [5.41, 5.74) is 1.50. The number of hydrogen-bond donors (Lipinski definition) is 1. The van der Waals surface area contributed by atoms with E-state index in [4.69, 9.17) is 0 Å². The van der Waals surface area contributed by atoms with Gasteiger partial charge in [0.2, 0.25) is 5.91 Å². The summed E-state index contributed by atoms with van der Waals surface area (Å²) in [6, 6.07) is 14.1. The number of halogens is 1. The molecular formula is C18H18BrN3O3S. The van der Waals surface area contributed by atoms with Gasteiger partial charge < -0.3 is 10.2 Å². The molecule has 2 aromatic rings. The van der Waals surface area contributed by atoms with Gasteiger partial charge in [-0.15, -0.1) is 4.40 Å². The van der Waals surface area contributed by atoms with Crippen LogP contribution >= 0.6 is 15.9 Å². The zero-order valence-electron chi connectivity index (χ0n) is 14.3. The van der Waals surface area contributed by atoms with Crippen molar-refractivity contribution in [1.82, 2.24) is 10.2 Å². The number of amides is 1. The first-order valence-corrected chi connectivity index (χ1v) is 10.2. The van der Waals surface area contributed by atoms with E-state index in [1.54, 1.807) is 30.1 Å². The fourth-order valence-electron chi connectivity index (χ4n) is 2.78. The number of sulfonamides is 1. The van der Waals surface area contributed by atoms with Crippen molar-refractivity contribution in [3.8, 4) is 0 Å². The summed E-state index contributed by atoms with van der Waals surface area (Å²) in [6.45, 7) is 1.90. The Kier molecular flexibility index (Phi) is 5.15. The maximum absolute atomic E-state index is 12.4. The molecule has 6 nitrogen and oxygen atoms in total. The number of nitrogens with zero attached hydrogens (tertiary/aromatic N) is 2. The van der Waals surface area contributed by atoms with Crippen molar-refractivity contribution in [1.29, 1.82) is 0 Å². The van der Waals surface area contributed by atoms with Crippen LogP contribution < -0.4 is 5.32 Å². The number of likely N-dealkylation sites (N-methyl/N-ethyl adjacent to an activating group) is 1. The predicted molar refractivity (Wildman–Crippen MR) is 103 cm³/mol. The number of fused-ring (bicyclic) bond motifs is 1. The quantitative estimate of drug-likeness (QED) is 0.800. The van der Waals surface area contributed by atoms with Crippen molar-refractivity contribution in [2.45, 2.75) is 17.9 Å². The van der Waals surface area contributed by atoms with Crippen LogP contribution in [0.1, 0.15) is 24.1 Å². The monoisotopic (exact) mass is 435 g/mol. The lowest BCUT2D eigenvalue weighted by Crippen LogP contribution is -2.39. The summed E-state index contributed by atoms with van der Waals surface area (Å²) in [6.07, 6.45) is 0. The molecule has 0 saturated carbocycles. The summed E-state index contributed by atoms with van der Waals surface area (Å²) in [5, 5.41) is 2.91. The first-order valence-electron chi connectivity index (χ1n) is 7.98. The van der Waals surface area contributed by atoms with Gasteiger partial charge in [-0.3, -0.25) is 4.79 Å². The van der Waals surface area contributed by atoms with Gasteiger partial charge in [-0.1, -0.05) is 40.2 Å². The first kappa shape index (κ1) is 18.6. The van der Waals surface area contributed by atoms with E-state index in [1.807, 2.05) is 31.2 Å². The standard InChI is InChI=1S/C18H18BrN3O3S/c1-12(13-7-9-14(19)10-8-13)20-17(23)11-22(2)18-15-5-3-4-6-16(15)26(24,25)21-18/h3-10,12H,11H2,1-2H3,(H,20,23). The van der Waals surface area contributed by atoms with E-state index in [1.165, 1.54) is 6.07 Å². The largest absolute Gasteiger partial charge is 0.349 e. The van der Waals surface area contributed by atoms with Gasteiger partial charge >= 0.3 is 0 Å². The Hall–Kier alpha value is -2.19. The lowest BCUT2D eigenvalue weighted by atomic mass is 10.1. The fourth-order valence-corrected chi connectivity index (χ4v) is 4.29. The molecule has 1 heterocycles. The number of hydrogen-bond acceptors (Lipinski definition) is 4. The number of carbonyl (C=O) groups excluding carboxylic acids is 1. The molecule has 1 amide bonds. The number of nitrogens with one attached hydrogen (secondary N) is 1. The molecule has 1 aliphatic rings. The number of amidine groups is 1. The number of rotatable bonds is 4. The third-order valence-electron chi connectivity index (χ3n) is 4.10. The van der Waals surface area contributed by atoms with Gasteiger partial charge in [-0.05, 0) is 36.8 Å². The van der Waals surface area contributed by atoms with Gasteiger partial charge in [0, 0.05) is 17.1 Å². The van der Waals surface area contributed by atoms with Crippen LogP contribution in [0, 0.1) is 0 Å². The summed E-state index contributed by atoms with van der Waals surface area (Å²) < 4.78 is 29.0. The highest BCUT2D eigenvalue weighted by atomic mass is 79.9. The number of carbonyl (C=O) groups is 1. The molecule has 136 valence electrons. The average molecular weight is 436 g/mol. The van der Waals surface area contributed by atoms with Crippen LogP contribution in [-0.4, -0.2) is 38.7 Å². The van der Waals surface area contributed by atoms with Crippen molar-refractivity contribution < 1.29 is 13.2 Å². The highest BCUT2D eigenvalue weighted by Crippen LogP contribution is 2.26. The molecule has 0 fully saturated rings. The smallest absolute Gasteiger partial charge is 0.285 e. The maximum Gasteiger partial charge on any atom is 0.285 e. The second-order valence-electron chi connectivity index (χ2n) is 6.08. The Morgan fingerprint density at radius 2 is 1.85 bits per heavy atom. The molecule has 1 N–H and O–H groups in total. The van der Waals surface area contributed by atoms with E-state index in [9.17, 15) is 13.2 Å². The first-order chi connectivity index (χ1) is 12.3. The molecule has 8 heteroatoms. The van der Waals surface area contributed by atoms with Crippen molar-refractivity contribution in [2.75, 3.05) is 13.6 Å². The van der Waals surface area contributed by atoms with Crippen molar-refractivity contribution in [3.63, 3.8) is 0 Å². The minimum atomic E-state index is -3.70. The molecule has 0 radical (unpaired) electrons. The van der Waals surface area contributed by atoms with Gasteiger partial charge in [-0.25, -0.2) is 0 Å². The van der Waals surface area contributed by atoms with Crippen LogP contribution in [-0.2, 0) is 14.8 Å². The molecule has 0 spiro atoms.